The Kier molecular flexibility index (Phi) is 3.68. The Morgan fingerprint density at radius 3 is 2.86 bits per heavy atom. The number of hydrogen-bond donors (Lipinski definition) is 2. The number of nitrogens with zero attached hydrogens (tertiary/aromatic N) is 1. The van der Waals surface area contributed by atoms with Gasteiger partial charge in [-0.05, 0) is 16.7 Å². The van der Waals surface area contributed by atoms with Gasteiger partial charge in [-0.2, -0.15) is 0 Å². The van der Waals surface area contributed by atoms with Gasteiger partial charge in [-0.1, -0.05) is 36.4 Å². The predicted molar refractivity (Wildman–Crippen MR) is 78.8 cm³/mol. The van der Waals surface area contributed by atoms with Crippen molar-refractivity contribution in [2.75, 3.05) is 0 Å². The maximum Gasteiger partial charge on any atom is 0.269 e. The molecule has 0 radical (unpaired) electrons. The number of benzene rings is 2. The third-order valence-electron chi connectivity index (χ3n) is 3.85. The van der Waals surface area contributed by atoms with E-state index in [4.69, 9.17) is 0 Å². The number of hydrogen-bond acceptors (Lipinski definition) is 4. The lowest BCUT2D eigenvalue weighted by Crippen LogP contribution is -2.28. The third-order valence-corrected chi connectivity index (χ3v) is 3.85. The molecule has 0 spiro atoms. The van der Waals surface area contributed by atoms with Crippen molar-refractivity contribution in [2.24, 2.45) is 0 Å². The van der Waals surface area contributed by atoms with Crippen LogP contribution in [0.1, 0.15) is 22.7 Å². The van der Waals surface area contributed by atoms with Crippen LogP contribution in [0.3, 0.4) is 0 Å². The van der Waals surface area contributed by atoms with E-state index in [1.54, 1.807) is 12.1 Å². The zero-order valence-electron chi connectivity index (χ0n) is 11.4. The number of nitro groups is 1. The summed E-state index contributed by atoms with van der Waals surface area (Å²) in [6, 6.07) is 14.4. The fourth-order valence-electron chi connectivity index (χ4n) is 2.83. The highest BCUT2D eigenvalue weighted by Gasteiger charge is 2.30. The summed E-state index contributed by atoms with van der Waals surface area (Å²) in [5, 5.41) is 24.2. The van der Waals surface area contributed by atoms with E-state index in [0.717, 1.165) is 16.7 Å². The molecule has 0 fully saturated rings. The Labute approximate surface area is 122 Å². The summed E-state index contributed by atoms with van der Waals surface area (Å²) >= 11 is 0. The highest BCUT2D eigenvalue weighted by molar-refractivity contribution is 5.37. The van der Waals surface area contributed by atoms with Crippen LogP contribution < -0.4 is 5.32 Å². The Morgan fingerprint density at radius 1 is 1.24 bits per heavy atom. The number of rotatable bonds is 4. The largest absolute Gasteiger partial charge is 0.391 e. The molecule has 2 aromatic rings. The monoisotopic (exact) mass is 284 g/mol. The van der Waals surface area contributed by atoms with E-state index < -0.39 is 11.0 Å². The molecule has 2 N–H and O–H groups in total. The predicted octanol–water partition coefficient (Wildman–Crippen LogP) is 2.34. The van der Waals surface area contributed by atoms with Gasteiger partial charge in [0.25, 0.3) is 5.69 Å². The van der Waals surface area contributed by atoms with Crippen LogP contribution in [0.15, 0.2) is 48.5 Å². The van der Waals surface area contributed by atoms with Crippen molar-refractivity contribution < 1.29 is 10.0 Å². The summed E-state index contributed by atoms with van der Waals surface area (Å²) in [5.74, 6) is 0. The van der Waals surface area contributed by atoms with Gasteiger partial charge in [0.15, 0.2) is 0 Å². The van der Waals surface area contributed by atoms with Gasteiger partial charge in [0.2, 0.25) is 0 Å². The minimum atomic E-state index is -0.457. The van der Waals surface area contributed by atoms with Crippen molar-refractivity contribution in [2.45, 2.75) is 25.1 Å². The van der Waals surface area contributed by atoms with Gasteiger partial charge in [0.1, 0.15) is 0 Å². The number of aliphatic hydroxyl groups excluding tert-OH is 1. The van der Waals surface area contributed by atoms with Crippen LogP contribution in [0, 0.1) is 10.1 Å². The molecule has 21 heavy (non-hydrogen) atoms. The van der Waals surface area contributed by atoms with E-state index in [-0.39, 0.29) is 11.7 Å². The first-order chi connectivity index (χ1) is 10.1. The molecule has 3 rings (SSSR count). The van der Waals surface area contributed by atoms with Crippen molar-refractivity contribution in [3.05, 3.63) is 75.3 Å². The van der Waals surface area contributed by atoms with Gasteiger partial charge in [-0.15, -0.1) is 0 Å². The normalized spacial score (nSPS) is 20.2. The molecule has 0 aliphatic heterocycles. The van der Waals surface area contributed by atoms with Gasteiger partial charge in [-0.3, -0.25) is 10.1 Å². The van der Waals surface area contributed by atoms with Crippen LogP contribution in [-0.4, -0.2) is 16.1 Å². The van der Waals surface area contributed by atoms with E-state index >= 15 is 0 Å². The van der Waals surface area contributed by atoms with Crippen molar-refractivity contribution in [1.82, 2.24) is 5.32 Å². The summed E-state index contributed by atoms with van der Waals surface area (Å²) < 4.78 is 0. The molecule has 0 saturated heterocycles. The van der Waals surface area contributed by atoms with E-state index in [1.165, 1.54) is 6.07 Å². The second-order valence-electron chi connectivity index (χ2n) is 5.26. The molecule has 5 heteroatoms. The lowest BCUT2D eigenvalue weighted by molar-refractivity contribution is -0.384. The molecule has 5 nitrogen and oxygen atoms in total. The number of fused-ring (bicyclic) bond motifs is 1. The summed E-state index contributed by atoms with van der Waals surface area (Å²) in [7, 11) is 0. The molecule has 1 aliphatic rings. The van der Waals surface area contributed by atoms with E-state index in [0.29, 0.717) is 13.0 Å². The molecular formula is C16H16N2O3. The highest BCUT2D eigenvalue weighted by atomic mass is 16.6. The van der Waals surface area contributed by atoms with Crippen molar-refractivity contribution >= 4 is 5.69 Å². The lowest BCUT2D eigenvalue weighted by Gasteiger charge is -2.18. The number of nitro benzene ring substituents is 1. The Morgan fingerprint density at radius 2 is 2.05 bits per heavy atom. The van der Waals surface area contributed by atoms with E-state index in [1.807, 2.05) is 30.3 Å². The van der Waals surface area contributed by atoms with Gasteiger partial charge in [0.05, 0.1) is 17.1 Å². The molecule has 0 aromatic heterocycles. The quantitative estimate of drug-likeness (QED) is 0.667. The molecule has 1 aliphatic carbocycles. The van der Waals surface area contributed by atoms with Crippen LogP contribution in [0.25, 0.3) is 0 Å². The second kappa shape index (κ2) is 5.63. The first-order valence-corrected chi connectivity index (χ1v) is 6.88. The summed E-state index contributed by atoms with van der Waals surface area (Å²) in [4.78, 5) is 10.4. The second-order valence-corrected chi connectivity index (χ2v) is 5.26. The summed E-state index contributed by atoms with van der Waals surface area (Å²) in [6.07, 6.45) is 0.184. The molecular weight excluding hydrogens is 268 g/mol. The van der Waals surface area contributed by atoms with Crippen LogP contribution in [0.5, 0.6) is 0 Å². The van der Waals surface area contributed by atoms with E-state index in [2.05, 4.69) is 5.32 Å². The fraction of sp³-hybridized carbons (Fsp3) is 0.250. The minimum absolute atomic E-state index is 0.0849. The fourth-order valence-corrected chi connectivity index (χ4v) is 2.83. The maximum atomic E-state index is 10.8. The average molecular weight is 284 g/mol. The topological polar surface area (TPSA) is 75.4 Å². The van der Waals surface area contributed by atoms with Crippen LogP contribution in [0.2, 0.25) is 0 Å². The Bertz CT molecular complexity index is 672. The van der Waals surface area contributed by atoms with Crippen molar-refractivity contribution in [3.8, 4) is 0 Å². The molecule has 0 saturated carbocycles. The maximum absolute atomic E-state index is 10.8. The van der Waals surface area contributed by atoms with Crippen LogP contribution in [-0.2, 0) is 13.0 Å². The van der Waals surface area contributed by atoms with Crippen LogP contribution >= 0.6 is 0 Å². The first-order valence-electron chi connectivity index (χ1n) is 6.88. The molecule has 0 amide bonds. The van der Waals surface area contributed by atoms with Gasteiger partial charge >= 0.3 is 0 Å². The van der Waals surface area contributed by atoms with Gasteiger partial charge < -0.3 is 10.4 Å². The summed E-state index contributed by atoms with van der Waals surface area (Å²) in [6.45, 7) is 0.484. The number of nitrogens with one attached hydrogen (secondary N) is 1. The molecule has 108 valence electrons. The Hall–Kier alpha value is -2.24. The smallest absolute Gasteiger partial charge is 0.269 e. The van der Waals surface area contributed by atoms with Gasteiger partial charge in [-0.25, -0.2) is 0 Å². The van der Waals surface area contributed by atoms with Crippen LogP contribution in [0.4, 0.5) is 5.69 Å². The molecule has 0 heterocycles. The molecule has 0 unspecified atom stereocenters. The lowest BCUT2D eigenvalue weighted by atomic mass is 10.1. The zero-order valence-corrected chi connectivity index (χ0v) is 11.4. The standard InChI is InChI=1S/C16H16N2O3/c19-15-9-12-5-1-2-7-14(12)16(15)17-10-11-4-3-6-13(8-11)18(20)21/h1-8,15-17,19H,9-10H2/t15-,16+/m0/s1. The SMILES string of the molecule is O=[N+]([O-])c1cccc(CN[C@@H]2c3ccccc3C[C@@H]2O)c1. The van der Waals surface area contributed by atoms with E-state index in [9.17, 15) is 15.2 Å². The Balaban J connectivity index is 1.73. The molecule has 2 aromatic carbocycles. The van der Waals surface area contributed by atoms with Gasteiger partial charge in [0, 0.05) is 25.1 Å². The molecule has 0 bridgehead atoms. The van der Waals surface area contributed by atoms with Crippen molar-refractivity contribution in [1.29, 1.82) is 0 Å². The molecule has 2 atom stereocenters. The third kappa shape index (κ3) is 2.79. The first kappa shape index (κ1) is 13.7. The highest BCUT2D eigenvalue weighted by Crippen LogP contribution is 2.31. The summed E-state index contributed by atoms with van der Waals surface area (Å²) in [5.41, 5.74) is 3.18. The average Bonchev–Trinajstić information content (AvgIpc) is 2.81. The zero-order chi connectivity index (χ0) is 14.8. The number of aliphatic hydroxyl groups is 1. The number of non-ortho nitro benzene ring substituents is 1. The van der Waals surface area contributed by atoms with Crippen molar-refractivity contribution in [3.63, 3.8) is 0 Å². The minimum Gasteiger partial charge on any atom is -0.391 e.